The molecule has 3 aromatic rings. The molecule has 0 unspecified atom stereocenters. The molecule has 0 aliphatic rings. The lowest BCUT2D eigenvalue weighted by Crippen LogP contribution is -2.31. The van der Waals surface area contributed by atoms with Crippen LogP contribution >= 0.6 is 11.8 Å². The number of amides is 1. The van der Waals surface area contributed by atoms with Gasteiger partial charge in [0.25, 0.3) is 5.56 Å². The van der Waals surface area contributed by atoms with Crippen LogP contribution in [0.4, 0.5) is 0 Å². The number of nitrogens with zero attached hydrogens (tertiary/aromatic N) is 3. The standard InChI is InChI=1S/C20H22N6O6S/c1-3-32-18(29)10-21-17(28)11-33-20-25-24-15(8-12-9-16(27)23-19(30)22-12)26(20)13-4-6-14(31-2)7-5-13/h4-7,9H,3,8,10-11H2,1-2H3,(H,21,28)(H2,22,23,27,30). The topological polar surface area (TPSA) is 161 Å². The van der Waals surface area contributed by atoms with E-state index in [-0.39, 0.29) is 31.2 Å². The summed E-state index contributed by atoms with van der Waals surface area (Å²) in [7, 11) is 1.55. The first-order valence-electron chi connectivity index (χ1n) is 9.86. The highest BCUT2D eigenvalue weighted by Gasteiger charge is 2.17. The number of rotatable bonds is 10. The van der Waals surface area contributed by atoms with E-state index in [1.807, 2.05) is 0 Å². The molecule has 2 aromatic heterocycles. The van der Waals surface area contributed by atoms with Gasteiger partial charge in [0.1, 0.15) is 18.1 Å². The Kier molecular flexibility index (Phi) is 8.02. The highest BCUT2D eigenvalue weighted by molar-refractivity contribution is 7.99. The predicted molar refractivity (Wildman–Crippen MR) is 119 cm³/mol. The smallest absolute Gasteiger partial charge is 0.325 e. The van der Waals surface area contributed by atoms with Gasteiger partial charge in [0.2, 0.25) is 5.91 Å². The number of nitrogens with one attached hydrogen (secondary N) is 3. The van der Waals surface area contributed by atoms with E-state index in [0.29, 0.717) is 28.1 Å². The van der Waals surface area contributed by atoms with Crippen molar-refractivity contribution in [2.24, 2.45) is 0 Å². The van der Waals surface area contributed by atoms with Gasteiger partial charge in [-0.15, -0.1) is 10.2 Å². The fourth-order valence-corrected chi connectivity index (χ4v) is 3.65. The zero-order valence-corrected chi connectivity index (χ0v) is 18.7. The van der Waals surface area contributed by atoms with E-state index in [9.17, 15) is 19.2 Å². The fraction of sp³-hybridized carbons (Fsp3) is 0.300. The van der Waals surface area contributed by atoms with Crippen LogP contribution in [0.15, 0.2) is 45.1 Å². The summed E-state index contributed by atoms with van der Waals surface area (Å²) in [4.78, 5) is 51.5. The van der Waals surface area contributed by atoms with Gasteiger partial charge < -0.3 is 19.8 Å². The maximum atomic E-state index is 12.1. The van der Waals surface area contributed by atoms with Gasteiger partial charge in [-0.05, 0) is 31.2 Å². The van der Waals surface area contributed by atoms with Crippen LogP contribution in [0.3, 0.4) is 0 Å². The number of aromatic nitrogens is 5. The number of hydrogen-bond donors (Lipinski definition) is 3. The minimum atomic E-state index is -0.624. The molecule has 3 rings (SSSR count). The number of esters is 1. The van der Waals surface area contributed by atoms with Crippen molar-refractivity contribution in [3.8, 4) is 11.4 Å². The van der Waals surface area contributed by atoms with E-state index in [1.54, 1.807) is 42.9 Å². The second-order valence-corrected chi connectivity index (χ2v) is 7.53. The van der Waals surface area contributed by atoms with Crippen LogP contribution in [0.1, 0.15) is 18.4 Å². The van der Waals surface area contributed by atoms with Gasteiger partial charge in [-0.1, -0.05) is 11.8 Å². The van der Waals surface area contributed by atoms with Crippen molar-refractivity contribution in [2.75, 3.05) is 26.0 Å². The van der Waals surface area contributed by atoms with Crippen molar-refractivity contribution < 1.29 is 19.1 Å². The molecule has 0 fully saturated rings. The number of hydrogen-bond acceptors (Lipinski definition) is 9. The normalized spacial score (nSPS) is 10.6. The second kappa shape index (κ2) is 11.1. The Bertz CT molecular complexity index is 1200. The Morgan fingerprint density at radius 3 is 2.58 bits per heavy atom. The maximum Gasteiger partial charge on any atom is 0.325 e. The average Bonchev–Trinajstić information content (AvgIpc) is 3.18. The number of carbonyl (C=O) groups is 2. The molecule has 2 heterocycles. The van der Waals surface area contributed by atoms with E-state index >= 15 is 0 Å². The molecule has 174 valence electrons. The molecule has 0 radical (unpaired) electrons. The van der Waals surface area contributed by atoms with Gasteiger partial charge in [-0.2, -0.15) is 0 Å². The van der Waals surface area contributed by atoms with Crippen molar-refractivity contribution in [2.45, 2.75) is 18.5 Å². The number of aromatic amines is 2. The lowest BCUT2D eigenvalue weighted by molar-refractivity contribution is -0.143. The lowest BCUT2D eigenvalue weighted by Gasteiger charge is -2.11. The highest BCUT2D eigenvalue weighted by atomic mass is 32.2. The lowest BCUT2D eigenvalue weighted by atomic mass is 10.2. The Balaban J connectivity index is 1.83. The first-order chi connectivity index (χ1) is 15.9. The highest BCUT2D eigenvalue weighted by Crippen LogP contribution is 2.24. The molecular weight excluding hydrogens is 452 g/mol. The Hall–Kier alpha value is -3.87. The molecule has 0 saturated carbocycles. The maximum absolute atomic E-state index is 12.1. The van der Waals surface area contributed by atoms with E-state index < -0.39 is 17.2 Å². The third-order valence-corrected chi connectivity index (χ3v) is 5.19. The Morgan fingerprint density at radius 2 is 1.91 bits per heavy atom. The minimum Gasteiger partial charge on any atom is -0.497 e. The number of benzene rings is 1. The van der Waals surface area contributed by atoms with Crippen molar-refractivity contribution in [3.63, 3.8) is 0 Å². The molecule has 0 bridgehead atoms. The van der Waals surface area contributed by atoms with E-state index in [1.165, 1.54) is 6.07 Å². The summed E-state index contributed by atoms with van der Waals surface area (Å²) in [6, 6.07) is 8.36. The van der Waals surface area contributed by atoms with Crippen molar-refractivity contribution in [3.05, 3.63) is 62.7 Å². The quantitative estimate of drug-likeness (QED) is 0.272. The van der Waals surface area contributed by atoms with Crippen LogP contribution in [-0.2, 0) is 20.7 Å². The minimum absolute atomic E-state index is 0.0183. The summed E-state index contributed by atoms with van der Waals surface area (Å²) in [5, 5.41) is 11.3. The summed E-state index contributed by atoms with van der Waals surface area (Å²) in [6.45, 7) is 1.69. The number of H-pyrrole nitrogens is 2. The number of ether oxygens (including phenoxy) is 2. The zero-order valence-electron chi connectivity index (χ0n) is 17.9. The molecule has 0 atom stereocenters. The summed E-state index contributed by atoms with van der Waals surface area (Å²) in [5.74, 6) is 0.176. The summed E-state index contributed by atoms with van der Waals surface area (Å²) >= 11 is 1.12. The van der Waals surface area contributed by atoms with Gasteiger partial charge in [0.05, 0.1) is 19.5 Å². The van der Waals surface area contributed by atoms with Gasteiger partial charge >= 0.3 is 11.7 Å². The first-order valence-corrected chi connectivity index (χ1v) is 10.8. The molecule has 0 aliphatic carbocycles. The number of thioether (sulfide) groups is 1. The van der Waals surface area contributed by atoms with Crippen LogP contribution in [0.25, 0.3) is 5.69 Å². The molecule has 3 N–H and O–H groups in total. The predicted octanol–water partition coefficient (Wildman–Crippen LogP) is 0.0147. The number of methoxy groups -OCH3 is 1. The average molecular weight is 474 g/mol. The molecule has 0 spiro atoms. The Labute approximate surface area is 191 Å². The van der Waals surface area contributed by atoms with Crippen LogP contribution in [0.5, 0.6) is 5.75 Å². The molecular formula is C20H22N6O6S. The number of carbonyl (C=O) groups excluding carboxylic acids is 2. The van der Waals surface area contributed by atoms with Crippen molar-refractivity contribution >= 4 is 23.6 Å². The van der Waals surface area contributed by atoms with Crippen LogP contribution in [0, 0.1) is 0 Å². The molecule has 13 heteroatoms. The third kappa shape index (κ3) is 6.55. The zero-order chi connectivity index (χ0) is 23.8. The molecule has 12 nitrogen and oxygen atoms in total. The van der Waals surface area contributed by atoms with Gasteiger partial charge in [0.15, 0.2) is 5.16 Å². The van der Waals surface area contributed by atoms with Crippen LogP contribution in [0.2, 0.25) is 0 Å². The molecule has 1 amide bonds. The van der Waals surface area contributed by atoms with Gasteiger partial charge in [-0.25, -0.2) is 4.79 Å². The Morgan fingerprint density at radius 1 is 1.15 bits per heavy atom. The SMILES string of the molecule is CCOC(=O)CNC(=O)CSc1nnc(Cc2cc(=O)[nH]c(=O)[nH]2)n1-c1ccc(OC)cc1. The monoisotopic (exact) mass is 474 g/mol. The largest absolute Gasteiger partial charge is 0.497 e. The van der Waals surface area contributed by atoms with Crippen LogP contribution in [-0.4, -0.2) is 62.6 Å². The second-order valence-electron chi connectivity index (χ2n) is 6.59. The van der Waals surface area contributed by atoms with Crippen molar-refractivity contribution in [1.82, 2.24) is 30.0 Å². The summed E-state index contributed by atoms with van der Waals surface area (Å²) in [5.41, 5.74) is -0.106. The summed E-state index contributed by atoms with van der Waals surface area (Å²) < 4.78 is 11.7. The fourth-order valence-electron chi connectivity index (χ4n) is 2.85. The van der Waals surface area contributed by atoms with E-state index in [0.717, 1.165) is 11.8 Å². The van der Waals surface area contributed by atoms with Crippen LogP contribution < -0.4 is 21.3 Å². The van der Waals surface area contributed by atoms with E-state index in [4.69, 9.17) is 9.47 Å². The molecule has 1 aromatic carbocycles. The first kappa shape index (κ1) is 23.8. The third-order valence-electron chi connectivity index (χ3n) is 4.26. The van der Waals surface area contributed by atoms with Gasteiger partial charge in [-0.3, -0.25) is 23.9 Å². The molecule has 0 aliphatic heterocycles. The molecule has 33 heavy (non-hydrogen) atoms. The summed E-state index contributed by atoms with van der Waals surface area (Å²) in [6.07, 6.45) is 0.119. The van der Waals surface area contributed by atoms with E-state index in [2.05, 4.69) is 25.5 Å². The van der Waals surface area contributed by atoms with Crippen molar-refractivity contribution in [1.29, 1.82) is 0 Å². The van der Waals surface area contributed by atoms with Gasteiger partial charge in [0, 0.05) is 23.9 Å². The molecule has 0 saturated heterocycles.